The number of para-hydroxylation sites is 3. The maximum Gasteiger partial charge on any atom is 0.337 e. The summed E-state index contributed by atoms with van der Waals surface area (Å²) in [6.07, 6.45) is 1.70. The molecule has 0 radical (unpaired) electrons. The lowest BCUT2D eigenvalue weighted by molar-refractivity contribution is -0.115. The highest BCUT2D eigenvalue weighted by molar-refractivity contribution is 8.18. The molecule has 27 heavy (non-hydrogen) atoms. The number of rotatable bonds is 3. The SMILES string of the molecule is Cn1c(C=C2SC(=Nc3ccccc3C(=O)O)NC2=O)nc2ccccc21. The number of aromatic carboxylic acids is 1. The van der Waals surface area contributed by atoms with E-state index in [0.717, 1.165) is 22.8 Å². The molecule has 1 amide bonds. The van der Waals surface area contributed by atoms with Gasteiger partial charge in [-0.15, -0.1) is 0 Å². The quantitative estimate of drug-likeness (QED) is 0.683. The van der Waals surface area contributed by atoms with Crippen LogP contribution in [0.2, 0.25) is 0 Å². The molecule has 1 aliphatic rings. The van der Waals surface area contributed by atoms with E-state index in [1.165, 1.54) is 6.07 Å². The van der Waals surface area contributed by atoms with E-state index in [4.69, 9.17) is 0 Å². The van der Waals surface area contributed by atoms with Crippen molar-refractivity contribution in [3.05, 3.63) is 64.8 Å². The number of thioether (sulfide) groups is 1. The van der Waals surface area contributed by atoms with Crippen molar-refractivity contribution < 1.29 is 14.7 Å². The zero-order valence-corrected chi connectivity index (χ0v) is 15.0. The number of carboxylic acid groups (broad SMARTS) is 1. The van der Waals surface area contributed by atoms with Crippen LogP contribution in [0.25, 0.3) is 17.1 Å². The number of hydrogen-bond donors (Lipinski definition) is 2. The van der Waals surface area contributed by atoms with Gasteiger partial charge in [-0.1, -0.05) is 24.3 Å². The van der Waals surface area contributed by atoms with Crippen LogP contribution in [0, 0.1) is 0 Å². The first kappa shape index (κ1) is 17.0. The van der Waals surface area contributed by atoms with E-state index in [2.05, 4.69) is 15.3 Å². The Balaban J connectivity index is 1.67. The average molecular weight is 378 g/mol. The minimum absolute atomic E-state index is 0.0765. The molecule has 8 heteroatoms. The number of carboxylic acids is 1. The van der Waals surface area contributed by atoms with Crippen LogP contribution in [0.4, 0.5) is 5.69 Å². The molecule has 134 valence electrons. The fourth-order valence-electron chi connectivity index (χ4n) is 2.75. The van der Waals surface area contributed by atoms with Gasteiger partial charge in [0.15, 0.2) is 5.17 Å². The predicted octanol–water partition coefficient (Wildman–Crippen LogP) is 3.16. The molecule has 0 unspecified atom stereocenters. The third-order valence-electron chi connectivity index (χ3n) is 4.09. The Bertz CT molecular complexity index is 1150. The Kier molecular flexibility index (Phi) is 4.25. The Morgan fingerprint density at radius 2 is 1.96 bits per heavy atom. The van der Waals surface area contributed by atoms with Crippen LogP contribution in [-0.4, -0.2) is 31.7 Å². The molecule has 7 nitrogen and oxygen atoms in total. The molecule has 0 atom stereocenters. The first-order valence-electron chi connectivity index (χ1n) is 8.06. The molecule has 3 aromatic rings. The molecule has 1 aliphatic heterocycles. The van der Waals surface area contributed by atoms with Gasteiger partial charge in [0.05, 0.1) is 27.2 Å². The van der Waals surface area contributed by atoms with Crippen molar-refractivity contribution in [1.29, 1.82) is 0 Å². The fourth-order valence-corrected chi connectivity index (χ4v) is 3.56. The summed E-state index contributed by atoms with van der Waals surface area (Å²) in [7, 11) is 1.89. The summed E-state index contributed by atoms with van der Waals surface area (Å²) in [6, 6.07) is 14.1. The van der Waals surface area contributed by atoms with E-state index >= 15 is 0 Å². The van der Waals surface area contributed by atoms with Crippen molar-refractivity contribution >= 4 is 51.6 Å². The van der Waals surface area contributed by atoms with Gasteiger partial charge >= 0.3 is 5.97 Å². The Morgan fingerprint density at radius 1 is 1.22 bits per heavy atom. The summed E-state index contributed by atoms with van der Waals surface area (Å²) < 4.78 is 1.91. The van der Waals surface area contributed by atoms with E-state index in [-0.39, 0.29) is 17.2 Å². The molecule has 1 aromatic heterocycles. The minimum atomic E-state index is -1.07. The number of imidazole rings is 1. The zero-order chi connectivity index (χ0) is 19.0. The molecular weight excluding hydrogens is 364 g/mol. The van der Waals surface area contributed by atoms with E-state index in [1.54, 1.807) is 24.3 Å². The molecule has 2 N–H and O–H groups in total. The van der Waals surface area contributed by atoms with E-state index in [9.17, 15) is 14.7 Å². The topological polar surface area (TPSA) is 96.6 Å². The van der Waals surface area contributed by atoms with Crippen LogP contribution in [0.5, 0.6) is 0 Å². The van der Waals surface area contributed by atoms with Crippen LogP contribution in [0.15, 0.2) is 58.4 Å². The molecule has 4 rings (SSSR count). The van der Waals surface area contributed by atoms with Crippen LogP contribution < -0.4 is 5.32 Å². The van der Waals surface area contributed by atoms with Gasteiger partial charge in [-0.05, 0) is 36.0 Å². The molecule has 0 spiro atoms. The highest BCUT2D eigenvalue weighted by Gasteiger charge is 2.25. The number of amides is 1. The number of aryl methyl sites for hydroxylation is 1. The lowest BCUT2D eigenvalue weighted by Gasteiger charge is -2.00. The van der Waals surface area contributed by atoms with Gasteiger partial charge in [-0.3, -0.25) is 4.79 Å². The third kappa shape index (κ3) is 3.22. The van der Waals surface area contributed by atoms with E-state index in [1.807, 2.05) is 35.9 Å². The highest BCUT2D eigenvalue weighted by atomic mass is 32.2. The smallest absolute Gasteiger partial charge is 0.337 e. The number of fused-ring (bicyclic) bond motifs is 1. The largest absolute Gasteiger partial charge is 0.478 e. The second-order valence-corrected chi connectivity index (χ2v) is 6.85. The summed E-state index contributed by atoms with van der Waals surface area (Å²) >= 11 is 1.15. The lowest BCUT2D eigenvalue weighted by atomic mass is 10.2. The molecule has 1 fully saturated rings. The van der Waals surface area contributed by atoms with Gasteiger partial charge in [0.2, 0.25) is 0 Å². The van der Waals surface area contributed by atoms with Crippen LogP contribution in [0.3, 0.4) is 0 Å². The van der Waals surface area contributed by atoms with Gasteiger partial charge < -0.3 is 15.0 Å². The summed E-state index contributed by atoms with van der Waals surface area (Å²) in [5, 5.41) is 12.3. The van der Waals surface area contributed by atoms with Gasteiger partial charge in [0, 0.05) is 13.1 Å². The predicted molar refractivity (Wildman–Crippen MR) is 105 cm³/mol. The summed E-state index contributed by atoms with van der Waals surface area (Å²) in [5.41, 5.74) is 2.18. The second kappa shape index (κ2) is 6.73. The van der Waals surface area contributed by atoms with Crippen molar-refractivity contribution in [1.82, 2.24) is 14.9 Å². The summed E-state index contributed by atoms with van der Waals surface area (Å²) in [5.74, 6) is -0.709. The van der Waals surface area contributed by atoms with Gasteiger partial charge in [0.25, 0.3) is 5.91 Å². The van der Waals surface area contributed by atoms with Crippen molar-refractivity contribution in [3.63, 3.8) is 0 Å². The Morgan fingerprint density at radius 3 is 2.74 bits per heavy atom. The second-order valence-electron chi connectivity index (χ2n) is 5.82. The number of nitrogens with zero attached hydrogens (tertiary/aromatic N) is 3. The van der Waals surface area contributed by atoms with Crippen molar-refractivity contribution in [2.45, 2.75) is 0 Å². The van der Waals surface area contributed by atoms with Crippen molar-refractivity contribution in [3.8, 4) is 0 Å². The average Bonchev–Trinajstić information content (AvgIpc) is 3.16. The number of nitrogens with one attached hydrogen (secondary N) is 1. The van der Waals surface area contributed by atoms with Crippen molar-refractivity contribution in [2.24, 2.45) is 12.0 Å². The van der Waals surface area contributed by atoms with Crippen LogP contribution in [0.1, 0.15) is 16.2 Å². The Labute approximate surface area is 158 Å². The number of carbonyl (C=O) groups is 2. The number of amidine groups is 1. The minimum Gasteiger partial charge on any atom is -0.478 e. The number of benzene rings is 2. The number of hydrogen-bond acceptors (Lipinski definition) is 5. The monoisotopic (exact) mass is 378 g/mol. The molecule has 1 saturated heterocycles. The number of carbonyl (C=O) groups excluding carboxylic acids is 1. The van der Waals surface area contributed by atoms with Gasteiger partial charge in [0.1, 0.15) is 5.82 Å². The summed E-state index contributed by atoms with van der Waals surface area (Å²) in [6.45, 7) is 0. The van der Waals surface area contributed by atoms with Crippen LogP contribution in [-0.2, 0) is 11.8 Å². The van der Waals surface area contributed by atoms with Gasteiger partial charge in [-0.2, -0.15) is 0 Å². The lowest BCUT2D eigenvalue weighted by Crippen LogP contribution is -2.19. The van der Waals surface area contributed by atoms with Crippen LogP contribution >= 0.6 is 11.8 Å². The van der Waals surface area contributed by atoms with Gasteiger partial charge in [-0.25, -0.2) is 14.8 Å². The Hall–Kier alpha value is -3.39. The van der Waals surface area contributed by atoms with E-state index in [0.29, 0.717) is 15.9 Å². The standard InChI is InChI=1S/C19H14N4O3S/c1-23-14-9-5-4-8-13(14)20-16(23)10-15-17(24)22-19(27-15)21-12-7-3-2-6-11(12)18(25)26/h2-10H,1H3,(H,25,26)(H,21,22,24). The molecule has 2 aromatic carbocycles. The van der Waals surface area contributed by atoms with E-state index < -0.39 is 5.97 Å². The first-order valence-corrected chi connectivity index (χ1v) is 8.88. The molecule has 0 bridgehead atoms. The maximum absolute atomic E-state index is 12.3. The maximum atomic E-state index is 12.3. The summed E-state index contributed by atoms with van der Waals surface area (Å²) in [4.78, 5) is 32.9. The molecule has 0 aliphatic carbocycles. The molecule has 2 heterocycles. The number of aromatic nitrogens is 2. The normalized spacial score (nSPS) is 17.0. The molecule has 0 saturated carbocycles. The number of aliphatic imine (C=N–C) groups is 1. The molecular formula is C19H14N4O3S. The first-order chi connectivity index (χ1) is 13.0. The highest BCUT2D eigenvalue weighted by Crippen LogP contribution is 2.29. The zero-order valence-electron chi connectivity index (χ0n) is 14.2. The van der Waals surface area contributed by atoms with Crippen molar-refractivity contribution in [2.75, 3.05) is 0 Å². The third-order valence-corrected chi connectivity index (χ3v) is 5.00. The fraction of sp³-hybridized carbons (Fsp3) is 0.0526.